The molecule has 0 amide bonds. The van der Waals surface area contributed by atoms with Gasteiger partial charge in [-0.3, -0.25) is 0 Å². The van der Waals surface area contributed by atoms with E-state index in [0.717, 1.165) is 0 Å². The largest absolute Gasteiger partial charge is 0.405 e. The lowest BCUT2D eigenvalue weighted by Crippen LogP contribution is -1.85. The molecule has 0 saturated heterocycles. The summed E-state index contributed by atoms with van der Waals surface area (Å²) in [7, 11) is 0. The van der Waals surface area contributed by atoms with E-state index in [1.165, 1.54) is 12.4 Å². The van der Waals surface area contributed by atoms with Gasteiger partial charge >= 0.3 is 0 Å². The quantitative estimate of drug-likeness (QED) is 0.505. The summed E-state index contributed by atoms with van der Waals surface area (Å²) in [6.07, 6.45) is 4.27. The Morgan fingerprint density at radius 1 is 1.75 bits per heavy atom. The zero-order valence-corrected chi connectivity index (χ0v) is 4.69. The Labute approximate surface area is 48.4 Å². The van der Waals surface area contributed by atoms with E-state index in [9.17, 15) is 4.39 Å². The molecule has 2 N–H and O–H groups in total. The number of halogens is 1. The minimum absolute atomic E-state index is 0.0787. The number of rotatable bonds is 1. The lowest BCUT2D eigenvalue weighted by molar-refractivity contribution is 0.766. The summed E-state index contributed by atoms with van der Waals surface area (Å²) in [5.74, 6) is 2.18. The summed E-state index contributed by atoms with van der Waals surface area (Å²) >= 11 is 0. The van der Waals surface area contributed by atoms with E-state index >= 15 is 0 Å². The Morgan fingerprint density at radius 2 is 2.38 bits per heavy atom. The third kappa shape index (κ3) is 3.23. The molecule has 0 radical (unpaired) electrons. The molecule has 0 spiro atoms. The molecule has 0 aromatic rings. The lowest BCUT2D eigenvalue weighted by atomic mass is 10.2. The predicted molar refractivity (Wildman–Crippen MR) is 31.4 cm³/mol. The van der Waals surface area contributed by atoms with E-state index < -0.39 is 0 Å². The van der Waals surface area contributed by atoms with Crippen LogP contribution < -0.4 is 5.73 Å². The second kappa shape index (κ2) is 4.20. The highest BCUT2D eigenvalue weighted by Crippen LogP contribution is 1.91. The molecule has 1 atom stereocenters. The van der Waals surface area contributed by atoms with Crippen molar-refractivity contribution >= 4 is 0 Å². The SMILES string of the molecule is C[C@H](C#CF)/C=C\N. The van der Waals surface area contributed by atoms with E-state index in [1.54, 1.807) is 13.0 Å². The molecule has 0 heterocycles. The van der Waals surface area contributed by atoms with Crippen molar-refractivity contribution in [2.24, 2.45) is 11.7 Å². The monoisotopic (exact) mass is 113 g/mol. The molecule has 8 heavy (non-hydrogen) atoms. The van der Waals surface area contributed by atoms with E-state index in [0.29, 0.717) is 0 Å². The average Bonchev–Trinajstić information content (AvgIpc) is 1.68. The molecule has 0 unspecified atom stereocenters. The highest BCUT2D eigenvalue weighted by atomic mass is 19.1. The van der Waals surface area contributed by atoms with Crippen molar-refractivity contribution in [3.8, 4) is 12.1 Å². The number of hydrogen-bond donors (Lipinski definition) is 1. The Morgan fingerprint density at radius 3 is 2.75 bits per heavy atom. The molecule has 0 bridgehead atoms. The Kier molecular flexibility index (Phi) is 3.69. The zero-order chi connectivity index (χ0) is 6.41. The fourth-order valence-electron chi connectivity index (χ4n) is 0.301. The molecular formula is C6H8FN. The third-order valence-electron chi connectivity index (χ3n) is 0.682. The molecule has 1 nitrogen and oxygen atoms in total. The number of hydrogen-bond acceptors (Lipinski definition) is 1. The van der Waals surface area contributed by atoms with Gasteiger partial charge < -0.3 is 5.73 Å². The van der Waals surface area contributed by atoms with Gasteiger partial charge in [0.1, 0.15) is 6.17 Å². The van der Waals surface area contributed by atoms with Gasteiger partial charge in [0, 0.05) is 5.92 Å². The Balaban J connectivity index is 3.59. The van der Waals surface area contributed by atoms with Gasteiger partial charge in [-0.15, -0.1) is 4.39 Å². The van der Waals surface area contributed by atoms with Crippen LogP contribution in [0.25, 0.3) is 0 Å². The molecule has 0 aliphatic carbocycles. The summed E-state index contributed by atoms with van der Waals surface area (Å²) in [6, 6.07) is 0. The summed E-state index contributed by atoms with van der Waals surface area (Å²) in [5.41, 5.74) is 4.99. The van der Waals surface area contributed by atoms with E-state index in [2.05, 4.69) is 5.92 Å². The number of allylic oxidation sites excluding steroid dienone is 1. The maximum Gasteiger partial charge on any atom is 0.106 e. The van der Waals surface area contributed by atoms with Crippen LogP contribution in [0.4, 0.5) is 4.39 Å². The predicted octanol–water partition coefficient (Wildman–Crippen LogP) is 1.03. The second-order valence-electron chi connectivity index (χ2n) is 1.41. The molecule has 44 valence electrons. The first kappa shape index (κ1) is 7.03. The first-order valence-electron chi connectivity index (χ1n) is 2.31. The van der Waals surface area contributed by atoms with Gasteiger partial charge in [-0.2, -0.15) is 0 Å². The maximum absolute atomic E-state index is 11.1. The third-order valence-corrected chi connectivity index (χ3v) is 0.682. The molecule has 0 fully saturated rings. The Bertz CT molecular complexity index is 129. The standard InChI is InChI=1S/C6H8FN/c1-6(2-4-7)3-5-8/h3,5-6H,8H2,1H3/b5-3-/t6-/m1/s1. The summed E-state index contributed by atoms with van der Waals surface area (Å²) in [4.78, 5) is 0. The topological polar surface area (TPSA) is 26.0 Å². The first-order valence-corrected chi connectivity index (χ1v) is 2.31. The Hall–Kier alpha value is -0.970. The molecular weight excluding hydrogens is 105 g/mol. The minimum atomic E-state index is -0.0787. The highest BCUT2D eigenvalue weighted by Gasteiger charge is 1.84. The fraction of sp³-hybridized carbons (Fsp3) is 0.333. The van der Waals surface area contributed by atoms with Crippen molar-refractivity contribution in [3.05, 3.63) is 12.3 Å². The van der Waals surface area contributed by atoms with Crippen LogP contribution in [-0.2, 0) is 0 Å². The maximum atomic E-state index is 11.1. The van der Waals surface area contributed by atoms with Crippen molar-refractivity contribution in [2.75, 3.05) is 0 Å². The van der Waals surface area contributed by atoms with Crippen molar-refractivity contribution in [3.63, 3.8) is 0 Å². The molecule has 0 aromatic heterocycles. The summed E-state index contributed by atoms with van der Waals surface area (Å²) < 4.78 is 11.1. The van der Waals surface area contributed by atoms with Gasteiger partial charge in [0.2, 0.25) is 0 Å². The normalized spacial score (nSPS) is 12.8. The van der Waals surface area contributed by atoms with Crippen molar-refractivity contribution in [1.29, 1.82) is 0 Å². The fourth-order valence-corrected chi connectivity index (χ4v) is 0.301. The lowest BCUT2D eigenvalue weighted by Gasteiger charge is -1.87. The van der Waals surface area contributed by atoms with Gasteiger partial charge in [-0.05, 0) is 13.1 Å². The van der Waals surface area contributed by atoms with E-state index in [4.69, 9.17) is 5.73 Å². The average molecular weight is 113 g/mol. The van der Waals surface area contributed by atoms with Crippen LogP contribution >= 0.6 is 0 Å². The summed E-state index contributed by atoms with van der Waals surface area (Å²) in [6.45, 7) is 1.76. The first-order chi connectivity index (χ1) is 3.81. The summed E-state index contributed by atoms with van der Waals surface area (Å²) in [5, 5.41) is 0. The zero-order valence-electron chi connectivity index (χ0n) is 4.69. The van der Waals surface area contributed by atoms with Crippen molar-refractivity contribution < 1.29 is 4.39 Å². The van der Waals surface area contributed by atoms with E-state index in [1.807, 2.05) is 0 Å². The van der Waals surface area contributed by atoms with Gasteiger partial charge in [-0.1, -0.05) is 12.0 Å². The van der Waals surface area contributed by atoms with Gasteiger partial charge in [-0.25, -0.2) is 0 Å². The van der Waals surface area contributed by atoms with Gasteiger partial charge in [0.15, 0.2) is 0 Å². The molecule has 2 heteroatoms. The van der Waals surface area contributed by atoms with Crippen LogP contribution in [-0.4, -0.2) is 0 Å². The van der Waals surface area contributed by atoms with Crippen LogP contribution in [0.5, 0.6) is 0 Å². The minimum Gasteiger partial charge on any atom is -0.405 e. The molecule has 0 aromatic carbocycles. The second-order valence-corrected chi connectivity index (χ2v) is 1.41. The van der Waals surface area contributed by atoms with Crippen LogP contribution in [0.1, 0.15) is 6.92 Å². The van der Waals surface area contributed by atoms with Crippen molar-refractivity contribution in [2.45, 2.75) is 6.92 Å². The highest BCUT2D eigenvalue weighted by molar-refractivity contribution is 5.04. The van der Waals surface area contributed by atoms with Crippen LogP contribution in [0.15, 0.2) is 12.3 Å². The number of nitrogens with two attached hydrogens (primary N) is 1. The van der Waals surface area contributed by atoms with Crippen LogP contribution in [0.3, 0.4) is 0 Å². The van der Waals surface area contributed by atoms with Crippen molar-refractivity contribution in [1.82, 2.24) is 0 Å². The van der Waals surface area contributed by atoms with Gasteiger partial charge in [0.05, 0.1) is 0 Å². The van der Waals surface area contributed by atoms with Gasteiger partial charge in [0.25, 0.3) is 0 Å². The van der Waals surface area contributed by atoms with E-state index in [-0.39, 0.29) is 5.92 Å². The molecule has 0 saturated carbocycles. The molecule has 0 aliphatic heterocycles. The van der Waals surface area contributed by atoms with Crippen LogP contribution in [0, 0.1) is 18.0 Å². The molecule has 0 aliphatic rings. The smallest absolute Gasteiger partial charge is 0.106 e. The van der Waals surface area contributed by atoms with Crippen LogP contribution in [0.2, 0.25) is 0 Å². The molecule has 0 rings (SSSR count).